The number of rotatable bonds is 3. The van der Waals surface area contributed by atoms with Crippen LogP contribution < -0.4 is 5.32 Å². The van der Waals surface area contributed by atoms with Crippen LogP contribution in [0.25, 0.3) is 0 Å². The third-order valence-corrected chi connectivity index (χ3v) is 2.44. The zero-order chi connectivity index (χ0) is 11.5. The van der Waals surface area contributed by atoms with Crippen molar-refractivity contribution in [3.63, 3.8) is 0 Å². The number of aromatic amines is 1. The number of furan rings is 1. The first-order valence-corrected chi connectivity index (χ1v) is 5.10. The second-order valence-corrected chi connectivity index (χ2v) is 3.47. The van der Waals surface area contributed by atoms with Gasteiger partial charge in [0.15, 0.2) is 0 Å². The van der Waals surface area contributed by atoms with Gasteiger partial charge in [-0.1, -0.05) is 6.92 Å². The first-order chi connectivity index (χ1) is 7.72. The second-order valence-electron chi connectivity index (χ2n) is 3.47. The SMILES string of the molecule is CCc1cn[nH]c1NC(=O)c1ccoc1C. The molecule has 5 heteroatoms. The van der Waals surface area contributed by atoms with Gasteiger partial charge >= 0.3 is 0 Å². The molecule has 0 fully saturated rings. The summed E-state index contributed by atoms with van der Waals surface area (Å²) in [5.41, 5.74) is 1.52. The molecule has 0 aliphatic carbocycles. The van der Waals surface area contributed by atoms with Gasteiger partial charge in [0.1, 0.15) is 11.6 Å². The molecule has 0 atom stereocenters. The molecule has 0 unspecified atom stereocenters. The van der Waals surface area contributed by atoms with Gasteiger partial charge in [-0.15, -0.1) is 0 Å². The van der Waals surface area contributed by atoms with Crippen LogP contribution in [0.15, 0.2) is 22.9 Å². The monoisotopic (exact) mass is 219 g/mol. The van der Waals surface area contributed by atoms with Crippen LogP contribution in [0.2, 0.25) is 0 Å². The molecule has 0 saturated carbocycles. The second kappa shape index (κ2) is 4.22. The third-order valence-electron chi connectivity index (χ3n) is 2.44. The van der Waals surface area contributed by atoms with Crippen LogP contribution in [0.3, 0.4) is 0 Å². The molecule has 2 N–H and O–H groups in total. The van der Waals surface area contributed by atoms with E-state index < -0.39 is 0 Å². The van der Waals surface area contributed by atoms with Gasteiger partial charge in [0.05, 0.1) is 18.0 Å². The highest BCUT2D eigenvalue weighted by atomic mass is 16.3. The summed E-state index contributed by atoms with van der Waals surface area (Å²) < 4.78 is 5.07. The van der Waals surface area contributed by atoms with Crippen LogP contribution in [-0.4, -0.2) is 16.1 Å². The molecular weight excluding hydrogens is 206 g/mol. The van der Waals surface area contributed by atoms with E-state index in [-0.39, 0.29) is 5.91 Å². The van der Waals surface area contributed by atoms with Gasteiger partial charge in [-0.05, 0) is 19.4 Å². The van der Waals surface area contributed by atoms with E-state index in [1.807, 2.05) is 6.92 Å². The Balaban J connectivity index is 2.17. The number of hydrogen-bond donors (Lipinski definition) is 2. The van der Waals surface area contributed by atoms with Gasteiger partial charge in [0.2, 0.25) is 0 Å². The van der Waals surface area contributed by atoms with Crippen LogP contribution in [-0.2, 0) is 6.42 Å². The van der Waals surface area contributed by atoms with Crippen LogP contribution in [0, 0.1) is 6.92 Å². The van der Waals surface area contributed by atoms with Crippen LogP contribution >= 0.6 is 0 Å². The predicted molar refractivity (Wildman–Crippen MR) is 59.4 cm³/mol. The molecule has 0 aromatic carbocycles. The van der Waals surface area contributed by atoms with Crippen molar-refractivity contribution < 1.29 is 9.21 Å². The number of aromatic nitrogens is 2. The lowest BCUT2D eigenvalue weighted by atomic mass is 10.2. The number of nitrogens with zero attached hydrogens (tertiary/aromatic N) is 1. The largest absolute Gasteiger partial charge is 0.469 e. The number of anilines is 1. The molecule has 0 aliphatic rings. The highest BCUT2D eigenvalue weighted by Gasteiger charge is 2.13. The molecule has 16 heavy (non-hydrogen) atoms. The maximum Gasteiger partial charge on any atom is 0.260 e. The van der Waals surface area contributed by atoms with E-state index in [1.54, 1.807) is 19.2 Å². The minimum atomic E-state index is -0.190. The first-order valence-electron chi connectivity index (χ1n) is 5.10. The summed E-state index contributed by atoms with van der Waals surface area (Å²) in [4.78, 5) is 11.8. The molecule has 2 heterocycles. The van der Waals surface area contributed by atoms with Crippen LogP contribution in [0.1, 0.15) is 28.6 Å². The fourth-order valence-corrected chi connectivity index (χ4v) is 1.49. The lowest BCUT2D eigenvalue weighted by Gasteiger charge is -2.03. The lowest BCUT2D eigenvalue weighted by molar-refractivity contribution is 0.102. The highest BCUT2D eigenvalue weighted by molar-refractivity contribution is 6.04. The van der Waals surface area contributed by atoms with E-state index in [0.717, 1.165) is 12.0 Å². The highest BCUT2D eigenvalue weighted by Crippen LogP contribution is 2.15. The van der Waals surface area contributed by atoms with E-state index >= 15 is 0 Å². The van der Waals surface area contributed by atoms with E-state index in [4.69, 9.17) is 4.42 Å². The quantitative estimate of drug-likeness (QED) is 0.830. The Kier molecular flexibility index (Phi) is 2.76. The van der Waals surface area contributed by atoms with E-state index in [0.29, 0.717) is 17.1 Å². The Labute approximate surface area is 92.9 Å². The van der Waals surface area contributed by atoms with E-state index in [9.17, 15) is 4.79 Å². The standard InChI is InChI=1S/C11H13N3O2/c1-3-8-6-12-14-10(8)13-11(15)9-4-5-16-7(9)2/h4-6H,3H2,1-2H3,(H2,12,13,14,15). The van der Waals surface area contributed by atoms with Crippen molar-refractivity contribution in [3.8, 4) is 0 Å². The minimum absolute atomic E-state index is 0.190. The summed E-state index contributed by atoms with van der Waals surface area (Å²) in [7, 11) is 0. The Morgan fingerprint density at radius 1 is 1.62 bits per heavy atom. The summed E-state index contributed by atoms with van der Waals surface area (Å²) in [6.45, 7) is 3.76. The molecule has 84 valence electrons. The number of carbonyl (C=O) groups excluding carboxylic acids is 1. The van der Waals surface area contributed by atoms with E-state index in [1.165, 1.54) is 6.26 Å². The summed E-state index contributed by atoms with van der Waals surface area (Å²) in [6, 6.07) is 1.65. The zero-order valence-electron chi connectivity index (χ0n) is 9.20. The molecule has 2 aromatic rings. The number of nitrogens with one attached hydrogen (secondary N) is 2. The van der Waals surface area contributed by atoms with Crippen molar-refractivity contribution >= 4 is 11.7 Å². The molecule has 2 rings (SSSR count). The number of hydrogen-bond acceptors (Lipinski definition) is 3. The molecule has 0 saturated heterocycles. The fourth-order valence-electron chi connectivity index (χ4n) is 1.49. The summed E-state index contributed by atoms with van der Waals surface area (Å²) in [5.74, 6) is 1.06. The molecule has 1 amide bonds. The fraction of sp³-hybridized carbons (Fsp3) is 0.273. The Hall–Kier alpha value is -2.04. The van der Waals surface area contributed by atoms with Crippen molar-refractivity contribution in [2.75, 3.05) is 5.32 Å². The first kappa shape index (κ1) is 10.5. The molecule has 0 bridgehead atoms. The number of H-pyrrole nitrogens is 1. The molecule has 0 aliphatic heterocycles. The van der Waals surface area contributed by atoms with Crippen molar-refractivity contribution in [1.29, 1.82) is 0 Å². The van der Waals surface area contributed by atoms with Gasteiger partial charge in [0.25, 0.3) is 5.91 Å². The van der Waals surface area contributed by atoms with Gasteiger partial charge < -0.3 is 9.73 Å². The predicted octanol–water partition coefficient (Wildman–Crippen LogP) is 2.13. The topological polar surface area (TPSA) is 70.9 Å². The van der Waals surface area contributed by atoms with E-state index in [2.05, 4.69) is 15.5 Å². The number of carbonyl (C=O) groups is 1. The lowest BCUT2D eigenvalue weighted by Crippen LogP contribution is -2.13. The van der Waals surface area contributed by atoms with Gasteiger partial charge in [0, 0.05) is 5.56 Å². The van der Waals surface area contributed by atoms with Gasteiger partial charge in [-0.3, -0.25) is 9.89 Å². The number of amides is 1. The Bertz CT molecular complexity index is 499. The maximum atomic E-state index is 11.8. The van der Waals surface area contributed by atoms with Crippen molar-refractivity contribution in [1.82, 2.24) is 10.2 Å². The van der Waals surface area contributed by atoms with Crippen molar-refractivity contribution in [2.45, 2.75) is 20.3 Å². The third kappa shape index (κ3) is 1.84. The van der Waals surface area contributed by atoms with Gasteiger partial charge in [-0.2, -0.15) is 5.10 Å². The Morgan fingerprint density at radius 2 is 2.44 bits per heavy atom. The summed E-state index contributed by atoms with van der Waals surface area (Å²) in [5, 5.41) is 9.41. The number of aryl methyl sites for hydroxylation is 2. The molecule has 2 aromatic heterocycles. The minimum Gasteiger partial charge on any atom is -0.469 e. The molecule has 0 spiro atoms. The molecular formula is C11H13N3O2. The summed E-state index contributed by atoms with van der Waals surface area (Å²) >= 11 is 0. The average molecular weight is 219 g/mol. The van der Waals surface area contributed by atoms with Gasteiger partial charge in [-0.25, -0.2) is 0 Å². The maximum absolute atomic E-state index is 11.8. The van der Waals surface area contributed by atoms with Crippen LogP contribution in [0.4, 0.5) is 5.82 Å². The Morgan fingerprint density at radius 3 is 3.06 bits per heavy atom. The molecule has 0 radical (unpaired) electrons. The zero-order valence-corrected chi connectivity index (χ0v) is 9.20. The van der Waals surface area contributed by atoms with Crippen molar-refractivity contribution in [2.24, 2.45) is 0 Å². The van der Waals surface area contributed by atoms with Crippen molar-refractivity contribution in [3.05, 3.63) is 35.4 Å². The smallest absolute Gasteiger partial charge is 0.260 e. The molecule has 5 nitrogen and oxygen atoms in total. The summed E-state index contributed by atoms with van der Waals surface area (Å²) in [6.07, 6.45) is 4.02. The average Bonchev–Trinajstić information content (AvgIpc) is 2.86. The van der Waals surface area contributed by atoms with Crippen LogP contribution in [0.5, 0.6) is 0 Å². The normalized spacial score (nSPS) is 10.4.